The first kappa shape index (κ1) is 15.0. The van der Waals surface area contributed by atoms with Gasteiger partial charge in [0.15, 0.2) is 0 Å². The quantitative estimate of drug-likeness (QED) is 0.712. The summed E-state index contributed by atoms with van der Waals surface area (Å²) in [5, 5.41) is 0. The lowest BCUT2D eigenvalue weighted by Gasteiger charge is -2.22. The maximum Gasteiger partial charge on any atom is 0.145 e. The predicted octanol–water partition coefficient (Wildman–Crippen LogP) is 4.98. The Kier molecular flexibility index (Phi) is 4.43. The summed E-state index contributed by atoms with van der Waals surface area (Å²) in [5.41, 5.74) is 3.29. The van der Waals surface area contributed by atoms with Gasteiger partial charge < -0.3 is 4.90 Å². The molecule has 4 heteroatoms. The van der Waals surface area contributed by atoms with Crippen LogP contribution in [0, 0.1) is 25.5 Å². The van der Waals surface area contributed by atoms with E-state index < -0.39 is 11.6 Å². The Morgan fingerprint density at radius 1 is 1.10 bits per heavy atom. The van der Waals surface area contributed by atoms with Crippen LogP contribution < -0.4 is 4.90 Å². The first-order valence-corrected chi connectivity index (χ1v) is 7.10. The van der Waals surface area contributed by atoms with E-state index in [1.165, 1.54) is 17.7 Å². The molecule has 0 saturated carbocycles. The molecule has 0 aliphatic heterocycles. The minimum Gasteiger partial charge on any atom is -0.370 e. The van der Waals surface area contributed by atoms with E-state index in [0.717, 1.165) is 11.3 Å². The Hall–Kier alpha value is -1.42. The second-order valence-electron chi connectivity index (χ2n) is 4.97. The van der Waals surface area contributed by atoms with E-state index >= 15 is 0 Å². The van der Waals surface area contributed by atoms with Gasteiger partial charge in [0.2, 0.25) is 0 Å². The summed E-state index contributed by atoms with van der Waals surface area (Å²) in [5.74, 6) is -1.07. The highest BCUT2D eigenvalue weighted by atomic mass is 79.9. The number of nitrogens with zero attached hydrogens (tertiary/aromatic N) is 1. The van der Waals surface area contributed by atoms with Crippen LogP contribution in [0.25, 0.3) is 0 Å². The van der Waals surface area contributed by atoms with E-state index in [4.69, 9.17) is 0 Å². The number of aryl methyl sites for hydroxylation is 2. The number of benzene rings is 2. The first-order chi connectivity index (χ1) is 9.40. The lowest BCUT2D eigenvalue weighted by atomic mass is 10.1. The Morgan fingerprint density at radius 3 is 2.45 bits per heavy atom. The maximum atomic E-state index is 14.0. The van der Waals surface area contributed by atoms with Gasteiger partial charge in [-0.25, -0.2) is 8.78 Å². The fraction of sp³-hybridized carbons (Fsp3) is 0.250. The molecule has 20 heavy (non-hydrogen) atoms. The van der Waals surface area contributed by atoms with Crippen LogP contribution in [-0.4, -0.2) is 7.05 Å². The van der Waals surface area contributed by atoms with E-state index in [-0.39, 0.29) is 16.6 Å². The number of hydrogen-bond acceptors (Lipinski definition) is 1. The third-order valence-electron chi connectivity index (χ3n) is 3.30. The largest absolute Gasteiger partial charge is 0.370 e. The van der Waals surface area contributed by atoms with Crippen molar-refractivity contribution in [3.8, 4) is 0 Å². The summed E-state index contributed by atoms with van der Waals surface area (Å²) in [4.78, 5) is 1.85. The van der Waals surface area contributed by atoms with Gasteiger partial charge in [-0.15, -0.1) is 0 Å². The van der Waals surface area contributed by atoms with E-state index in [9.17, 15) is 8.78 Å². The zero-order valence-corrected chi connectivity index (χ0v) is 13.3. The molecule has 0 heterocycles. The van der Waals surface area contributed by atoms with Crippen LogP contribution in [0.15, 0.2) is 34.8 Å². The molecular formula is C16H16BrF2N. The van der Waals surface area contributed by atoms with Crippen molar-refractivity contribution < 1.29 is 8.78 Å². The summed E-state index contributed by atoms with van der Waals surface area (Å²) in [7, 11) is 1.83. The Morgan fingerprint density at radius 2 is 1.80 bits per heavy atom. The lowest BCUT2D eigenvalue weighted by Crippen LogP contribution is -2.19. The van der Waals surface area contributed by atoms with Crippen molar-refractivity contribution in [2.24, 2.45) is 0 Å². The normalized spacial score (nSPS) is 10.7. The average molecular weight is 340 g/mol. The second-order valence-corrected chi connectivity index (χ2v) is 5.82. The van der Waals surface area contributed by atoms with E-state index in [1.54, 1.807) is 0 Å². The third kappa shape index (κ3) is 3.01. The summed E-state index contributed by atoms with van der Waals surface area (Å²) in [6.45, 7) is 4.19. The minimum absolute atomic E-state index is 0.0712. The highest BCUT2D eigenvalue weighted by Crippen LogP contribution is 2.26. The minimum atomic E-state index is -0.540. The van der Waals surface area contributed by atoms with Crippen LogP contribution in [-0.2, 0) is 6.54 Å². The topological polar surface area (TPSA) is 3.24 Å². The molecule has 0 bridgehead atoms. The van der Waals surface area contributed by atoms with Crippen molar-refractivity contribution in [1.29, 1.82) is 0 Å². The van der Waals surface area contributed by atoms with Crippen LogP contribution in [0.5, 0.6) is 0 Å². The van der Waals surface area contributed by atoms with Gasteiger partial charge in [0, 0.05) is 24.8 Å². The van der Waals surface area contributed by atoms with E-state index in [2.05, 4.69) is 22.0 Å². The van der Waals surface area contributed by atoms with Gasteiger partial charge in [0.25, 0.3) is 0 Å². The molecule has 2 aromatic carbocycles. The van der Waals surface area contributed by atoms with Crippen molar-refractivity contribution in [3.05, 3.63) is 63.1 Å². The summed E-state index contributed by atoms with van der Waals surface area (Å²) < 4.78 is 28.1. The summed E-state index contributed by atoms with van der Waals surface area (Å²) in [6, 6.07) is 8.67. The van der Waals surface area contributed by atoms with Crippen molar-refractivity contribution in [2.75, 3.05) is 11.9 Å². The Bertz CT molecular complexity index is 641. The van der Waals surface area contributed by atoms with Gasteiger partial charge in [-0.2, -0.15) is 0 Å². The van der Waals surface area contributed by atoms with Crippen molar-refractivity contribution in [1.82, 2.24) is 0 Å². The van der Waals surface area contributed by atoms with Gasteiger partial charge in [0.05, 0.1) is 4.47 Å². The number of anilines is 1. The van der Waals surface area contributed by atoms with Gasteiger partial charge in [0.1, 0.15) is 11.6 Å². The molecule has 0 aliphatic carbocycles. The van der Waals surface area contributed by atoms with Gasteiger partial charge >= 0.3 is 0 Å². The molecule has 0 unspecified atom stereocenters. The monoisotopic (exact) mass is 339 g/mol. The number of hydrogen-bond donors (Lipinski definition) is 0. The molecule has 2 rings (SSSR count). The fourth-order valence-corrected chi connectivity index (χ4v) is 2.64. The SMILES string of the molecule is Cc1ccc(N(C)Cc2c(F)ccc(Br)c2F)c(C)c1. The molecule has 0 atom stereocenters. The third-order valence-corrected chi connectivity index (χ3v) is 3.91. The fourth-order valence-electron chi connectivity index (χ4n) is 2.27. The van der Waals surface area contributed by atoms with Gasteiger partial charge in [-0.05, 0) is 53.5 Å². The molecule has 0 aromatic heterocycles. The van der Waals surface area contributed by atoms with Crippen molar-refractivity contribution in [3.63, 3.8) is 0 Å². The Balaban J connectivity index is 2.32. The molecule has 0 amide bonds. The molecule has 2 aromatic rings. The highest BCUT2D eigenvalue weighted by Gasteiger charge is 2.15. The molecule has 0 radical (unpaired) electrons. The van der Waals surface area contributed by atoms with E-state index in [1.807, 2.05) is 37.9 Å². The lowest BCUT2D eigenvalue weighted by molar-refractivity contribution is 0.549. The predicted molar refractivity (Wildman–Crippen MR) is 82.1 cm³/mol. The Labute approximate surface area is 126 Å². The molecule has 1 nitrogen and oxygen atoms in total. The molecule has 0 aliphatic rings. The highest BCUT2D eigenvalue weighted by molar-refractivity contribution is 9.10. The van der Waals surface area contributed by atoms with Crippen molar-refractivity contribution >= 4 is 21.6 Å². The van der Waals surface area contributed by atoms with Crippen LogP contribution in [0.4, 0.5) is 14.5 Å². The van der Waals surface area contributed by atoms with E-state index in [0.29, 0.717) is 0 Å². The number of rotatable bonds is 3. The molecular weight excluding hydrogens is 324 g/mol. The van der Waals surface area contributed by atoms with Crippen LogP contribution in [0.1, 0.15) is 16.7 Å². The second kappa shape index (κ2) is 5.92. The zero-order valence-electron chi connectivity index (χ0n) is 11.7. The molecule has 0 fully saturated rings. The average Bonchev–Trinajstić information content (AvgIpc) is 2.39. The van der Waals surface area contributed by atoms with Crippen LogP contribution in [0.2, 0.25) is 0 Å². The molecule has 0 saturated heterocycles. The first-order valence-electron chi connectivity index (χ1n) is 6.31. The zero-order chi connectivity index (χ0) is 14.9. The van der Waals surface area contributed by atoms with Gasteiger partial charge in [-0.1, -0.05) is 17.7 Å². The molecule has 0 N–H and O–H groups in total. The van der Waals surface area contributed by atoms with Crippen LogP contribution >= 0.6 is 15.9 Å². The standard InChI is InChI=1S/C16H16BrF2N/c1-10-4-7-15(11(2)8-10)20(3)9-12-14(18)6-5-13(17)16(12)19/h4-8H,9H2,1-3H3. The molecule has 106 valence electrons. The summed E-state index contributed by atoms with van der Waals surface area (Å²) >= 11 is 3.09. The maximum absolute atomic E-state index is 14.0. The summed E-state index contributed by atoms with van der Waals surface area (Å²) in [6.07, 6.45) is 0. The smallest absolute Gasteiger partial charge is 0.145 e. The van der Waals surface area contributed by atoms with Crippen LogP contribution in [0.3, 0.4) is 0 Å². The number of halogens is 3. The van der Waals surface area contributed by atoms with Gasteiger partial charge in [-0.3, -0.25) is 0 Å². The molecule has 0 spiro atoms. The van der Waals surface area contributed by atoms with Crippen molar-refractivity contribution in [2.45, 2.75) is 20.4 Å².